The van der Waals surface area contributed by atoms with Gasteiger partial charge in [0, 0.05) is 17.6 Å². The van der Waals surface area contributed by atoms with Gasteiger partial charge < -0.3 is 25.4 Å². The van der Waals surface area contributed by atoms with Gasteiger partial charge in [0.05, 0.1) is 6.61 Å². The van der Waals surface area contributed by atoms with E-state index in [0.29, 0.717) is 11.1 Å². The van der Waals surface area contributed by atoms with Gasteiger partial charge in [0.1, 0.15) is 17.7 Å². The molecule has 3 atom stereocenters. The molecule has 0 saturated carbocycles. The van der Waals surface area contributed by atoms with Crippen molar-refractivity contribution in [3.63, 3.8) is 0 Å². The number of terminal acetylenes is 1. The molecule has 3 N–H and O–H groups in total. The number of carbonyl (C=O) groups is 3. The third-order valence-corrected chi connectivity index (χ3v) is 5.01. The number of nitrogens with one attached hydrogen (secondary N) is 2. The average molecular weight is 474 g/mol. The van der Waals surface area contributed by atoms with E-state index in [-0.39, 0.29) is 11.9 Å². The standard InChI is InChI=1S/C26H39N3O5/c1-9-11-18(5)27-23(31)22(20-14-12-19(10-2)13-15-20)29(17(3)4)24(32)21(16-30)28-25(33)34-26(6,7)8/h2,12-15,17-18,21-22,30H,9,11,16H2,1,3-8H3,(H,27,31)(H,28,33). The molecule has 0 aliphatic carbocycles. The molecule has 8 nitrogen and oxygen atoms in total. The van der Waals surface area contributed by atoms with Gasteiger partial charge in [0.2, 0.25) is 11.8 Å². The van der Waals surface area contributed by atoms with Crippen LogP contribution in [0.2, 0.25) is 0 Å². The highest BCUT2D eigenvalue weighted by atomic mass is 16.6. The van der Waals surface area contributed by atoms with Crippen molar-refractivity contribution in [2.75, 3.05) is 6.61 Å². The Hall–Kier alpha value is -3.05. The summed E-state index contributed by atoms with van der Waals surface area (Å²) in [5.74, 6) is 1.58. The zero-order chi connectivity index (χ0) is 26.1. The Morgan fingerprint density at radius 3 is 2.15 bits per heavy atom. The molecule has 0 aromatic heterocycles. The van der Waals surface area contributed by atoms with Gasteiger partial charge in [-0.05, 0) is 65.7 Å². The SMILES string of the molecule is C#Cc1ccc(C(C(=O)NC(C)CCC)N(C(=O)C(CO)NC(=O)OC(C)(C)C)C(C)C)cc1. The van der Waals surface area contributed by atoms with Crippen LogP contribution in [0.15, 0.2) is 24.3 Å². The minimum absolute atomic E-state index is 0.0948. The second kappa shape index (κ2) is 13.0. The molecule has 0 aliphatic heterocycles. The quantitative estimate of drug-likeness (QED) is 0.453. The first-order chi connectivity index (χ1) is 15.8. The number of amides is 3. The Balaban J connectivity index is 3.38. The van der Waals surface area contributed by atoms with Gasteiger partial charge in [0.15, 0.2) is 0 Å². The van der Waals surface area contributed by atoms with Crippen LogP contribution in [-0.4, -0.2) is 58.2 Å². The second-order valence-corrected chi connectivity index (χ2v) is 9.59. The second-order valence-electron chi connectivity index (χ2n) is 9.59. The average Bonchev–Trinajstić information content (AvgIpc) is 2.73. The zero-order valence-electron chi connectivity index (χ0n) is 21.3. The molecular formula is C26H39N3O5. The van der Waals surface area contributed by atoms with Crippen LogP contribution in [-0.2, 0) is 14.3 Å². The van der Waals surface area contributed by atoms with Crippen LogP contribution in [0.25, 0.3) is 0 Å². The fourth-order valence-electron chi connectivity index (χ4n) is 3.52. The van der Waals surface area contributed by atoms with Gasteiger partial charge >= 0.3 is 6.09 Å². The molecule has 1 rings (SSSR count). The molecule has 0 saturated heterocycles. The van der Waals surface area contributed by atoms with Gasteiger partial charge in [-0.2, -0.15) is 0 Å². The summed E-state index contributed by atoms with van der Waals surface area (Å²) in [4.78, 5) is 40.6. The van der Waals surface area contributed by atoms with Crippen molar-refractivity contribution < 1.29 is 24.2 Å². The number of hydrogen-bond acceptors (Lipinski definition) is 5. The summed E-state index contributed by atoms with van der Waals surface area (Å²) in [5, 5.41) is 15.3. The molecule has 8 heteroatoms. The highest BCUT2D eigenvalue weighted by Crippen LogP contribution is 2.26. The summed E-state index contributed by atoms with van der Waals surface area (Å²) in [6, 6.07) is 4.03. The number of alkyl carbamates (subject to hydrolysis) is 1. The van der Waals surface area contributed by atoms with E-state index in [1.54, 1.807) is 58.9 Å². The Bertz CT molecular complexity index is 868. The molecule has 1 aromatic rings. The first kappa shape index (κ1) is 29.0. The van der Waals surface area contributed by atoms with Crippen molar-refractivity contribution in [2.45, 2.75) is 91.1 Å². The number of aliphatic hydroxyl groups excluding tert-OH is 1. The number of hydrogen-bond donors (Lipinski definition) is 3. The van der Waals surface area contributed by atoms with E-state index in [1.807, 2.05) is 13.8 Å². The molecule has 0 aliphatic rings. The van der Waals surface area contributed by atoms with E-state index in [4.69, 9.17) is 11.2 Å². The summed E-state index contributed by atoms with van der Waals surface area (Å²) in [6.07, 6.45) is 6.30. The third kappa shape index (κ3) is 8.71. The number of benzene rings is 1. The van der Waals surface area contributed by atoms with Crippen molar-refractivity contribution in [3.8, 4) is 12.3 Å². The predicted octanol–water partition coefficient (Wildman–Crippen LogP) is 3.14. The van der Waals surface area contributed by atoms with Gasteiger partial charge in [-0.25, -0.2) is 4.79 Å². The smallest absolute Gasteiger partial charge is 0.408 e. The van der Waals surface area contributed by atoms with Crippen molar-refractivity contribution >= 4 is 17.9 Å². The fourth-order valence-corrected chi connectivity index (χ4v) is 3.52. The summed E-state index contributed by atoms with van der Waals surface area (Å²) in [7, 11) is 0. The number of nitrogens with zero attached hydrogens (tertiary/aromatic N) is 1. The highest BCUT2D eigenvalue weighted by Gasteiger charge is 2.37. The lowest BCUT2D eigenvalue weighted by atomic mass is 9.99. The van der Waals surface area contributed by atoms with Crippen LogP contribution >= 0.6 is 0 Å². The van der Waals surface area contributed by atoms with Crippen molar-refractivity contribution in [2.24, 2.45) is 0 Å². The van der Waals surface area contributed by atoms with Crippen LogP contribution < -0.4 is 10.6 Å². The monoisotopic (exact) mass is 473 g/mol. The zero-order valence-corrected chi connectivity index (χ0v) is 21.3. The van der Waals surface area contributed by atoms with Crippen LogP contribution in [0.1, 0.15) is 78.5 Å². The lowest BCUT2D eigenvalue weighted by Crippen LogP contribution is -2.56. The molecule has 3 amide bonds. The maximum Gasteiger partial charge on any atom is 0.408 e. The molecule has 0 bridgehead atoms. The van der Waals surface area contributed by atoms with Gasteiger partial charge in [-0.1, -0.05) is 31.4 Å². The summed E-state index contributed by atoms with van der Waals surface area (Å²) in [5.41, 5.74) is 0.433. The molecule has 0 fully saturated rings. The van der Waals surface area contributed by atoms with Crippen molar-refractivity contribution in [1.82, 2.24) is 15.5 Å². The Kier molecular flexibility index (Phi) is 11.1. The minimum atomic E-state index is -1.29. The number of ether oxygens (including phenoxy) is 1. The maximum atomic E-state index is 13.6. The molecular weight excluding hydrogens is 434 g/mol. The molecule has 188 valence electrons. The van der Waals surface area contributed by atoms with E-state index >= 15 is 0 Å². The summed E-state index contributed by atoms with van der Waals surface area (Å²) in [6.45, 7) is 11.9. The predicted molar refractivity (Wildman–Crippen MR) is 132 cm³/mol. The first-order valence-corrected chi connectivity index (χ1v) is 11.6. The third-order valence-electron chi connectivity index (χ3n) is 5.01. The van der Waals surface area contributed by atoms with Gasteiger partial charge in [0.25, 0.3) is 0 Å². The topological polar surface area (TPSA) is 108 Å². The van der Waals surface area contributed by atoms with E-state index < -0.39 is 42.3 Å². The number of carbonyl (C=O) groups excluding carboxylic acids is 3. The first-order valence-electron chi connectivity index (χ1n) is 11.6. The van der Waals surface area contributed by atoms with E-state index in [0.717, 1.165) is 12.8 Å². The molecule has 0 spiro atoms. The normalized spacial score (nSPS) is 13.9. The van der Waals surface area contributed by atoms with Gasteiger partial charge in [-0.3, -0.25) is 9.59 Å². The van der Waals surface area contributed by atoms with E-state index in [1.165, 1.54) is 4.90 Å². The molecule has 0 heterocycles. The highest BCUT2D eigenvalue weighted by molar-refractivity contribution is 5.92. The Morgan fingerprint density at radius 1 is 1.12 bits per heavy atom. The maximum absolute atomic E-state index is 13.6. The summed E-state index contributed by atoms with van der Waals surface area (Å²) < 4.78 is 5.23. The minimum Gasteiger partial charge on any atom is -0.444 e. The van der Waals surface area contributed by atoms with Crippen LogP contribution in [0.5, 0.6) is 0 Å². The van der Waals surface area contributed by atoms with Crippen molar-refractivity contribution in [1.29, 1.82) is 0 Å². The van der Waals surface area contributed by atoms with E-state index in [9.17, 15) is 19.5 Å². The molecule has 1 aromatic carbocycles. The van der Waals surface area contributed by atoms with Crippen molar-refractivity contribution in [3.05, 3.63) is 35.4 Å². The lowest BCUT2D eigenvalue weighted by molar-refractivity contribution is -0.145. The van der Waals surface area contributed by atoms with E-state index in [2.05, 4.69) is 16.6 Å². The van der Waals surface area contributed by atoms with Gasteiger partial charge in [-0.15, -0.1) is 6.42 Å². The van der Waals surface area contributed by atoms with Crippen LogP contribution in [0.4, 0.5) is 4.79 Å². The fraction of sp³-hybridized carbons (Fsp3) is 0.577. The largest absolute Gasteiger partial charge is 0.444 e. The number of rotatable bonds is 10. The van der Waals surface area contributed by atoms with Crippen LogP contribution in [0.3, 0.4) is 0 Å². The summed E-state index contributed by atoms with van der Waals surface area (Å²) >= 11 is 0. The Labute approximate surface area is 203 Å². The molecule has 34 heavy (non-hydrogen) atoms. The molecule has 0 radical (unpaired) electrons. The lowest BCUT2D eigenvalue weighted by Gasteiger charge is -2.37. The number of aliphatic hydroxyl groups is 1. The Morgan fingerprint density at radius 2 is 1.71 bits per heavy atom. The molecule has 3 unspecified atom stereocenters. The van der Waals surface area contributed by atoms with Crippen LogP contribution in [0, 0.1) is 12.3 Å².